The number of carbonyl (C=O) groups is 1. The van der Waals surface area contributed by atoms with Crippen LogP contribution in [0.1, 0.15) is 37.5 Å². The minimum absolute atomic E-state index is 0.000384. The van der Waals surface area contributed by atoms with Crippen molar-refractivity contribution in [2.24, 2.45) is 0 Å². The Morgan fingerprint density at radius 3 is 2.76 bits per heavy atom. The van der Waals surface area contributed by atoms with Gasteiger partial charge in [0.05, 0.1) is 18.3 Å². The van der Waals surface area contributed by atoms with Crippen molar-refractivity contribution in [2.75, 3.05) is 12.8 Å². The van der Waals surface area contributed by atoms with Gasteiger partial charge in [-0.15, -0.1) is 5.10 Å². The number of benzene rings is 1. The fourth-order valence-corrected chi connectivity index (χ4v) is 4.46. The maximum atomic E-state index is 12.6. The first-order valence-electron chi connectivity index (χ1n) is 9.59. The van der Waals surface area contributed by atoms with Gasteiger partial charge in [0.25, 0.3) is 0 Å². The molecule has 1 amide bonds. The summed E-state index contributed by atoms with van der Waals surface area (Å²) in [7, 11) is 1.77. The second-order valence-electron chi connectivity index (χ2n) is 7.16. The molecule has 3 aromatic rings. The summed E-state index contributed by atoms with van der Waals surface area (Å²) in [6, 6.07) is 11.6. The molecule has 4 rings (SSSR count). The number of tetrazole rings is 1. The van der Waals surface area contributed by atoms with Gasteiger partial charge in [-0.3, -0.25) is 4.79 Å². The summed E-state index contributed by atoms with van der Waals surface area (Å²) in [4.78, 5) is 14.2. The molecule has 9 heteroatoms. The second-order valence-corrected chi connectivity index (χ2v) is 8.53. The molecule has 2 heterocycles. The van der Waals surface area contributed by atoms with Crippen LogP contribution < -0.4 is 0 Å². The van der Waals surface area contributed by atoms with Crippen molar-refractivity contribution in [1.82, 2.24) is 25.1 Å². The summed E-state index contributed by atoms with van der Waals surface area (Å²) in [5.74, 6) is 1.77. The van der Waals surface area contributed by atoms with Crippen LogP contribution in [-0.4, -0.2) is 43.8 Å². The van der Waals surface area contributed by atoms with Crippen molar-refractivity contribution < 1.29 is 9.21 Å². The third-order valence-corrected chi connectivity index (χ3v) is 6.24. The lowest BCUT2D eigenvalue weighted by Gasteiger charge is -2.16. The predicted molar refractivity (Wildman–Crippen MR) is 112 cm³/mol. The Kier molecular flexibility index (Phi) is 6.20. The SMILES string of the molecule is CN(Cc1ccc(-c2ccc(Cl)cc2)o1)C(=O)CSc1nnnn1C1CCCC1. The quantitative estimate of drug-likeness (QED) is 0.514. The van der Waals surface area contributed by atoms with Gasteiger partial charge in [0.2, 0.25) is 11.1 Å². The summed E-state index contributed by atoms with van der Waals surface area (Å²) in [5, 5.41) is 13.4. The number of halogens is 1. The highest BCUT2D eigenvalue weighted by Gasteiger charge is 2.22. The normalized spacial score (nSPS) is 14.4. The molecule has 152 valence electrons. The monoisotopic (exact) mass is 431 g/mol. The largest absolute Gasteiger partial charge is 0.459 e. The molecule has 0 radical (unpaired) electrons. The molecular weight excluding hydrogens is 410 g/mol. The van der Waals surface area contributed by atoms with Crippen LogP contribution >= 0.6 is 23.4 Å². The summed E-state index contributed by atoms with van der Waals surface area (Å²) in [6.45, 7) is 0.403. The molecule has 1 aliphatic carbocycles. The Morgan fingerprint density at radius 1 is 1.24 bits per heavy atom. The molecule has 0 saturated heterocycles. The van der Waals surface area contributed by atoms with Crippen LogP contribution in [0.5, 0.6) is 0 Å². The van der Waals surface area contributed by atoms with E-state index in [4.69, 9.17) is 16.0 Å². The highest BCUT2D eigenvalue weighted by molar-refractivity contribution is 7.99. The zero-order chi connectivity index (χ0) is 20.2. The fraction of sp³-hybridized carbons (Fsp3) is 0.400. The summed E-state index contributed by atoms with van der Waals surface area (Å²) in [5.41, 5.74) is 0.948. The van der Waals surface area contributed by atoms with E-state index in [0.29, 0.717) is 22.8 Å². The maximum Gasteiger partial charge on any atom is 0.233 e. The van der Waals surface area contributed by atoms with E-state index in [9.17, 15) is 4.79 Å². The first-order valence-corrected chi connectivity index (χ1v) is 11.0. The molecule has 2 aromatic heterocycles. The lowest BCUT2D eigenvalue weighted by atomic mass is 10.2. The molecule has 7 nitrogen and oxygen atoms in total. The van der Waals surface area contributed by atoms with Crippen molar-refractivity contribution in [2.45, 2.75) is 43.4 Å². The van der Waals surface area contributed by atoms with Gasteiger partial charge in [0, 0.05) is 17.6 Å². The highest BCUT2D eigenvalue weighted by Crippen LogP contribution is 2.31. The minimum Gasteiger partial charge on any atom is -0.459 e. The second kappa shape index (κ2) is 9.00. The zero-order valence-corrected chi connectivity index (χ0v) is 17.7. The third kappa shape index (κ3) is 4.82. The smallest absolute Gasteiger partial charge is 0.233 e. The Morgan fingerprint density at radius 2 is 2.00 bits per heavy atom. The van der Waals surface area contributed by atoms with Crippen LogP contribution in [0.4, 0.5) is 0 Å². The van der Waals surface area contributed by atoms with Crippen molar-refractivity contribution in [3.05, 3.63) is 47.2 Å². The van der Waals surface area contributed by atoms with E-state index >= 15 is 0 Å². The standard InChI is InChI=1S/C20H22ClN5O2S/c1-25(12-17-10-11-18(28-17)14-6-8-15(21)9-7-14)19(27)13-29-20-22-23-24-26(20)16-4-2-3-5-16/h6-11,16H,2-5,12-13H2,1H3. The number of thioether (sulfide) groups is 1. The third-order valence-electron chi connectivity index (χ3n) is 5.07. The molecule has 0 aliphatic heterocycles. The lowest BCUT2D eigenvalue weighted by Crippen LogP contribution is -2.27. The van der Waals surface area contributed by atoms with Crippen molar-refractivity contribution >= 4 is 29.3 Å². The molecular formula is C20H22ClN5O2S. The Labute approximate surface area is 178 Å². The van der Waals surface area contributed by atoms with E-state index in [1.54, 1.807) is 11.9 Å². The van der Waals surface area contributed by atoms with Gasteiger partial charge in [-0.1, -0.05) is 36.2 Å². The molecule has 1 aliphatic rings. The molecule has 0 unspecified atom stereocenters. The molecule has 0 bridgehead atoms. The van der Waals surface area contributed by atoms with E-state index in [2.05, 4.69) is 15.5 Å². The first-order chi connectivity index (χ1) is 14.1. The first kappa shape index (κ1) is 20.0. The van der Waals surface area contributed by atoms with Gasteiger partial charge in [-0.2, -0.15) is 0 Å². The Bertz CT molecular complexity index is 965. The zero-order valence-electron chi connectivity index (χ0n) is 16.1. The Hall–Kier alpha value is -2.32. The van der Waals surface area contributed by atoms with Gasteiger partial charge in [0.15, 0.2) is 0 Å². The maximum absolute atomic E-state index is 12.6. The molecule has 29 heavy (non-hydrogen) atoms. The molecule has 1 fully saturated rings. The van der Waals surface area contributed by atoms with Crippen LogP contribution in [0.25, 0.3) is 11.3 Å². The van der Waals surface area contributed by atoms with E-state index in [-0.39, 0.29) is 11.7 Å². The van der Waals surface area contributed by atoms with E-state index in [1.165, 1.54) is 24.6 Å². The number of nitrogens with zero attached hydrogens (tertiary/aromatic N) is 5. The Balaban J connectivity index is 1.32. The van der Waals surface area contributed by atoms with Gasteiger partial charge in [-0.05, 0) is 59.7 Å². The number of amides is 1. The summed E-state index contributed by atoms with van der Waals surface area (Å²) in [6.07, 6.45) is 4.61. The molecule has 1 aromatic carbocycles. The number of rotatable bonds is 7. The number of furan rings is 1. The fourth-order valence-electron chi connectivity index (χ4n) is 3.45. The molecule has 0 spiro atoms. The number of carbonyl (C=O) groups excluding carboxylic acids is 1. The minimum atomic E-state index is 0.000384. The summed E-state index contributed by atoms with van der Waals surface area (Å²) < 4.78 is 7.76. The number of hydrogen-bond acceptors (Lipinski definition) is 6. The van der Waals surface area contributed by atoms with Crippen LogP contribution in [0, 0.1) is 0 Å². The number of aromatic nitrogens is 4. The van der Waals surface area contributed by atoms with Crippen molar-refractivity contribution in [3.63, 3.8) is 0 Å². The average Bonchev–Trinajstić information content (AvgIpc) is 3.47. The number of hydrogen-bond donors (Lipinski definition) is 0. The van der Waals surface area contributed by atoms with Crippen LogP contribution in [0.3, 0.4) is 0 Å². The topological polar surface area (TPSA) is 77.1 Å². The van der Waals surface area contributed by atoms with Crippen molar-refractivity contribution in [1.29, 1.82) is 0 Å². The predicted octanol–water partition coefficient (Wildman–Crippen LogP) is 4.45. The van der Waals surface area contributed by atoms with Gasteiger partial charge in [0.1, 0.15) is 11.5 Å². The van der Waals surface area contributed by atoms with Crippen LogP contribution in [0.2, 0.25) is 5.02 Å². The molecule has 0 N–H and O–H groups in total. The summed E-state index contributed by atoms with van der Waals surface area (Å²) >= 11 is 7.31. The van der Waals surface area contributed by atoms with Crippen molar-refractivity contribution in [3.8, 4) is 11.3 Å². The van der Waals surface area contributed by atoms with E-state index in [1.807, 2.05) is 41.1 Å². The average molecular weight is 432 g/mol. The van der Waals surface area contributed by atoms with Crippen LogP contribution in [-0.2, 0) is 11.3 Å². The molecule has 1 saturated carbocycles. The van der Waals surface area contributed by atoms with Gasteiger partial charge in [-0.25, -0.2) is 4.68 Å². The van der Waals surface area contributed by atoms with Gasteiger partial charge >= 0.3 is 0 Å². The molecule has 0 atom stereocenters. The van der Waals surface area contributed by atoms with Gasteiger partial charge < -0.3 is 9.32 Å². The van der Waals surface area contributed by atoms with E-state index < -0.39 is 0 Å². The lowest BCUT2D eigenvalue weighted by molar-refractivity contribution is -0.127. The van der Waals surface area contributed by atoms with Crippen LogP contribution in [0.15, 0.2) is 46.0 Å². The van der Waals surface area contributed by atoms with E-state index in [0.717, 1.165) is 29.9 Å². The highest BCUT2D eigenvalue weighted by atomic mass is 35.5.